The summed E-state index contributed by atoms with van der Waals surface area (Å²) >= 11 is 1.76. The van der Waals surface area contributed by atoms with E-state index >= 15 is 0 Å². The van der Waals surface area contributed by atoms with E-state index in [0.29, 0.717) is 12.5 Å². The van der Waals surface area contributed by atoms with Gasteiger partial charge in [0.15, 0.2) is 5.16 Å². The smallest absolute Gasteiger partial charge is 0.220 e. The molecule has 172 valence electrons. The average Bonchev–Trinajstić information content (AvgIpc) is 3.62. The van der Waals surface area contributed by atoms with Crippen molar-refractivity contribution in [2.24, 2.45) is 0 Å². The molecule has 1 N–H and O–H groups in total. The Hall–Kier alpha value is -3.31. The fraction of sp³-hybridized carbons (Fsp3) is 0.241. The van der Waals surface area contributed by atoms with Crippen molar-refractivity contribution in [3.63, 3.8) is 0 Å². The van der Waals surface area contributed by atoms with Crippen LogP contribution >= 0.6 is 11.8 Å². The molecule has 1 heterocycles. The van der Waals surface area contributed by atoms with Crippen LogP contribution in [0.25, 0.3) is 28.2 Å². The predicted octanol–water partition coefficient (Wildman–Crippen LogP) is 6.75. The van der Waals surface area contributed by atoms with Crippen LogP contribution < -0.4 is 5.32 Å². The van der Waals surface area contributed by atoms with Crippen molar-refractivity contribution in [1.29, 1.82) is 0 Å². The molecule has 1 fully saturated rings. The standard InChI is InChI=1S/C29H29N3OS/c33-26(30-24-19-20-24)18-10-11-21-34-29-31-27(22-12-4-1-5-13-22)28(23-14-6-2-7-15-23)32(29)25-16-8-3-9-17-25/h1-9,12-17,24H,10-11,18-21H2,(H,30,33). The molecule has 0 bridgehead atoms. The van der Waals surface area contributed by atoms with E-state index in [-0.39, 0.29) is 5.91 Å². The molecular weight excluding hydrogens is 438 g/mol. The van der Waals surface area contributed by atoms with Crippen LogP contribution in [0.3, 0.4) is 0 Å². The van der Waals surface area contributed by atoms with Gasteiger partial charge in [0.2, 0.25) is 5.91 Å². The molecule has 0 radical (unpaired) electrons. The molecule has 0 saturated heterocycles. The average molecular weight is 468 g/mol. The summed E-state index contributed by atoms with van der Waals surface area (Å²) in [5, 5.41) is 4.06. The maximum atomic E-state index is 12.0. The van der Waals surface area contributed by atoms with E-state index in [0.717, 1.165) is 64.8 Å². The Morgan fingerprint density at radius 1 is 0.853 bits per heavy atom. The molecule has 1 amide bonds. The van der Waals surface area contributed by atoms with Gasteiger partial charge in [0.05, 0.1) is 11.4 Å². The lowest BCUT2D eigenvalue weighted by molar-refractivity contribution is -0.121. The fourth-order valence-electron chi connectivity index (χ4n) is 4.05. The summed E-state index contributed by atoms with van der Waals surface area (Å²) in [6.45, 7) is 0. The van der Waals surface area contributed by atoms with Crippen LogP contribution in [0.5, 0.6) is 0 Å². The van der Waals surface area contributed by atoms with Gasteiger partial charge in [-0.1, -0.05) is 90.6 Å². The number of imidazole rings is 1. The van der Waals surface area contributed by atoms with Gasteiger partial charge in [-0.25, -0.2) is 4.98 Å². The number of benzene rings is 3. The molecule has 0 atom stereocenters. The highest BCUT2D eigenvalue weighted by Crippen LogP contribution is 2.38. The van der Waals surface area contributed by atoms with Gasteiger partial charge in [0, 0.05) is 35.0 Å². The van der Waals surface area contributed by atoms with E-state index in [2.05, 4.69) is 82.7 Å². The molecule has 0 unspecified atom stereocenters. The summed E-state index contributed by atoms with van der Waals surface area (Å²) in [6, 6.07) is 31.8. The summed E-state index contributed by atoms with van der Waals surface area (Å²) in [4.78, 5) is 17.2. The molecule has 4 nitrogen and oxygen atoms in total. The molecule has 3 aromatic carbocycles. The number of rotatable bonds is 10. The summed E-state index contributed by atoms with van der Waals surface area (Å²) < 4.78 is 2.28. The SMILES string of the molecule is O=C(CCCCSc1nc(-c2ccccc2)c(-c2ccccc2)n1-c1ccccc1)NC1CC1. The van der Waals surface area contributed by atoms with Crippen LogP contribution in [-0.4, -0.2) is 27.3 Å². The highest BCUT2D eigenvalue weighted by Gasteiger charge is 2.23. The number of aromatic nitrogens is 2. The molecule has 34 heavy (non-hydrogen) atoms. The number of hydrogen-bond acceptors (Lipinski definition) is 3. The fourth-order valence-corrected chi connectivity index (χ4v) is 5.06. The van der Waals surface area contributed by atoms with Gasteiger partial charge in [0.1, 0.15) is 0 Å². The minimum Gasteiger partial charge on any atom is -0.353 e. The lowest BCUT2D eigenvalue weighted by atomic mass is 10.0. The summed E-state index contributed by atoms with van der Waals surface area (Å²) in [5.74, 6) is 1.11. The van der Waals surface area contributed by atoms with Gasteiger partial charge in [-0.05, 0) is 37.8 Å². The molecule has 0 aliphatic heterocycles. The number of hydrogen-bond donors (Lipinski definition) is 1. The second-order valence-electron chi connectivity index (χ2n) is 8.64. The van der Waals surface area contributed by atoms with Gasteiger partial charge >= 0.3 is 0 Å². The number of para-hydroxylation sites is 1. The van der Waals surface area contributed by atoms with Crippen molar-refractivity contribution < 1.29 is 4.79 Å². The lowest BCUT2D eigenvalue weighted by Gasteiger charge is -2.13. The van der Waals surface area contributed by atoms with Crippen molar-refractivity contribution in [2.75, 3.05) is 5.75 Å². The second-order valence-corrected chi connectivity index (χ2v) is 9.70. The monoisotopic (exact) mass is 467 g/mol. The molecule has 5 rings (SSSR count). The third-order valence-corrected chi connectivity index (χ3v) is 6.95. The summed E-state index contributed by atoms with van der Waals surface area (Å²) in [7, 11) is 0. The first kappa shape index (κ1) is 22.5. The van der Waals surface area contributed by atoms with Gasteiger partial charge in [0.25, 0.3) is 0 Å². The first-order valence-electron chi connectivity index (χ1n) is 12.0. The molecule has 1 aromatic heterocycles. The number of carbonyl (C=O) groups is 1. The lowest BCUT2D eigenvalue weighted by Crippen LogP contribution is -2.24. The molecule has 1 saturated carbocycles. The molecule has 1 aliphatic rings. The van der Waals surface area contributed by atoms with E-state index < -0.39 is 0 Å². The Bertz CT molecular complexity index is 1220. The topological polar surface area (TPSA) is 46.9 Å². The number of nitrogens with one attached hydrogen (secondary N) is 1. The number of unbranched alkanes of at least 4 members (excludes halogenated alkanes) is 1. The van der Waals surface area contributed by atoms with Crippen LogP contribution in [0.15, 0.2) is 96.2 Å². The Balaban J connectivity index is 1.44. The van der Waals surface area contributed by atoms with Crippen LogP contribution in [-0.2, 0) is 4.79 Å². The normalized spacial score (nSPS) is 13.1. The quantitative estimate of drug-likeness (QED) is 0.207. The van der Waals surface area contributed by atoms with Gasteiger partial charge in [-0.3, -0.25) is 9.36 Å². The Labute approximate surface area is 205 Å². The summed E-state index contributed by atoms with van der Waals surface area (Å²) in [6.07, 6.45) is 4.75. The van der Waals surface area contributed by atoms with E-state index in [4.69, 9.17) is 4.98 Å². The first-order valence-corrected chi connectivity index (χ1v) is 13.0. The van der Waals surface area contributed by atoms with Crippen molar-refractivity contribution in [3.05, 3.63) is 91.0 Å². The van der Waals surface area contributed by atoms with E-state index in [9.17, 15) is 4.79 Å². The molecule has 1 aliphatic carbocycles. The zero-order valence-corrected chi connectivity index (χ0v) is 20.0. The zero-order chi connectivity index (χ0) is 23.2. The van der Waals surface area contributed by atoms with E-state index in [1.807, 2.05) is 18.2 Å². The highest BCUT2D eigenvalue weighted by atomic mass is 32.2. The third-order valence-electron chi connectivity index (χ3n) is 5.93. The number of thioether (sulfide) groups is 1. The van der Waals surface area contributed by atoms with E-state index in [1.165, 1.54) is 0 Å². The highest BCUT2D eigenvalue weighted by molar-refractivity contribution is 7.99. The van der Waals surface area contributed by atoms with Crippen molar-refractivity contribution >= 4 is 17.7 Å². The molecule has 0 spiro atoms. The van der Waals surface area contributed by atoms with Crippen molar-refractivity contribution in [3.8, 4) is 28.2 Å². The third kappa shape index (κ3) is 5.42. The number of carbonyl (C=O) groups excluding carboxylic acids is 1. The minimum atomic E-state index is 0.191. The molecule has 4 aromatic rings. The molecule has 5 heteroatoms. The first-order chi connectivity index (χ1) is 16.8. The number of nitrogens with zero attached hydrogens (tertiary/aromatic N) is 2. The van der Waals surface area contributed by atoms with Crippen molar-refractivity contribution in [2.45, 2.75) is 43.3 Å². The van der Waals surface area contributed by atoms with Gasteiger partial charge in [-0.15, -0.1) is 0 Å². The maximum Gasteiger partial charge on any atom is 0.220 e. The van der Waals surface area contributed by atoms with Crippen LogP contribution in [0, 0.1) is 0 Å². The summed E-state index contributed by atoms with van der Waals surface area (Å²) in [5.41, 5.74) is 5.43. The second kappa shape index (κ2) is 10.7. The maximum absolute atomic E-state index is 12.0. The Morgan fingerprint density at radius 3 is 2.12 bits per heavy atom. The van der Waals surface area contributed by atoms with Crippen LogP contribution in [0.4, 0.5) is 0 Å². The number of amides is 1. The van der Waals surface area contributed by atoms with E-state index in [1.54, 1.807) is 11.8 Å². The van der Waals surface area contributed by atoms with Crippen molar-refractivity contribution in [1.82, 2.24) is 14.9 Å². The molecular formula is C29H29N3OS. The van der Waals surface area contributed by atoms with Crippen LogP contribution in [0.1, 0.15) is 32.1 Å². The van der Waals surface area contributed by atoms with Crippen LogP contribution in [0.2, 0.25) is 0 Å². The van der Waals surface area contributed by atoms with Gasteiger partial charge < -0.3 is 5.32 Å². The zero-order valence-electron chi connectivity index (χ0n) is 19.2. The Kier molecular flexibility index (Phi) is 7.10. The largest absolute Gasteiger partial charge is 0.353 e. The minimum absolute atomic E-state index is 0.191. The predicted molar refractivity (Wildman–Crippen MR) is 140 cm³/mol. The van der Waals surface area contributed by atoms with Gasteiger partial charge in [-0.2, -0.15) is 0 Å². The Morgan fingerprint density at radius 2 is 1.47 bits per heavy atom.